The average Bonchev–Trinajstić information content (AvgIpc) is 2.86. The van der Waals surface area contributed by atoms with Crippen molar-refractivity contribution in [2.75, 3.05) is 6.16 Å². The Balaban J connectivity index is 1.77. The van der Waals surface area contributed by atoms with Gasteiger partial charge in [0.2, 0.25) is 0 Å². The van der Waals surface area contributed by atoms with E-state index in [0.717, 1.165) is 6.16 Å². The molecule has 4 rings (SSSR count). The third-order valence-corrected chi connectivity index (χ3v) is 12.4. The van der Waals surface area contributed by atoms with Crippen molar-refractivity contribution in [3.8, 4) is 0 Å². The second-order valence-electron chi connectivity index (χ2n) is 10.4. The number of hydrogen-bond donors (Lipinski definition) is 0. The summed E-state index contributed by atoms with van der Waals surface area (Å²) >= 11 is 0. The zero-order chi connectivity index (χ0) is 24.0. The van der Waals surface area contributed by atoms with Gasteiger partial charge in [-0.05, 0) is 0 Å². The van der Waals surface area contributed by atoms with Crippen LogP contribution >= 0.6 is 7.26 Å². The van der Waals surface area contributed by atoms with E-state index in [0.29, 0.717) is 0 Å². The van der Waals surface area contributed by atoms with Gasteiger partial charge in [-0.25, -0.2) is 0 Å². The Morgan fingerprint density at radius 3 is 1.71 bits per heavy atom. The van der Waals surface area contributed by atoms with Gasteiger partial charge in [0.25, 0.3) is 0 Å². The molecule has 1 aliphatic rings. The molecule has 0 bridgehead atoms. The summed E-state index contributed by atoms with van der Waals surface area (Å²) in [6, 6.07) is 33.6. The van der Waals surface area contributed by atoms with Gasteiger partial charge in [-0.3, -0.25) is 0 Å². The molecule has 0 aromatic heterocycles. The average molecular weight is 467 g/mol. The first kappa shape index (κ1) is 24.4. The van der Waals surface area contributed by atoms with Gasteiger partial charge in [0.05, 0.1) is 0 Å². The van der Waals surface area contributed by atoms with Crippen molar-refractivity contribution in [1.29, 1.82) is 0 Å². The van der Waals surface area contributed by atoms with Crippen LogP contribution in [-0.4, -0.2) is 6.16 Å². The topological polar surface area (TPSA) is 0 Å². The number of benzene rings is 3. The first-order chi connectivity index (χ1) is 16.4. The molecule has 0 aliphatic heterocycles. The summed E-state index contributed by atoms with van der Waals surface area (Å²) in [5, 5.41) is 4.40. The SMILES string of the molecule is CC1=C(/C=C/C(C)=C/C[PH](c2ccccc2)(c2ccccc2)c2ccccc2)C(C)(C)CCC1. The Kier molecular flexibility index (Phi) is 7.70. The predicted molar refractivity (Wildman–Crippen MR) is 155 cm³/mol. The van der Waals surface area contributed by atoms with E-state index in [9.17, 15) is 0 Å². The van der Waals surface area contributed by atoms with E-state index >= 15 is 0 Å². The van der Waals surface area contributed by atoms with E-state index in [2.05, 4.69) is 137 Å². The fourth-order valence-electron chi connectivity index (χ4n) is 5.63. The molecule has 0 heterocycles. The van der Waals surface area contributed by atoms with Gasteiger partial charge >= 0.3 is 208 Å². The Hall–Kier alpha value is -2.69. The maximum atomic E-state index is 2.49. The van der Waals surface area contributed by atoms with Crippen molar-refractivity contribution < 1.29 is 0 Å². The zero-order valence-corrected chi connectivity index (χ0v) is 22.2. The summed E-state index contributed by atoms with van der Waals surface area (Å²) in [6.07, 6.45) is 12.1. The van der Waals surface area contributed by atoms with E-state index in [-0.39, 0.29) is 5.41 Å². The molecule has 0 saturated carbocycles. The molecule has 0 N–H and O–H groups in total. The molecule has 0 radical (unpaired) electrons. The first-order valence-electron chi connectivity index (χ1n) is 12.7. The maximum absolute atomic E-state index is 2.49. The van der Waals surface area contributed by atoms with Crippen LogP contribution in [0.15, 0.2) is 126 Å². The van der Waals surface area contributed by atoms with Crippen molar-refractivity contribution in [3.63, 3.8) is 0 Å². The van der Waals surface area contributed by atoms with Gasteiger partial charge in [-0.1, -0.05) is 0 Å². The molecule has 0 atom stereocenters. The van der Waals surface area contributed by atoms with Gasteiger partial charge in [-0.15, -0.1) is 0 Å². The van der Waals surface area contributed by atoms with Crippen LogP contribution in [0, 0.1) is 5.41 Å². The van der Waals surface area contributed by atoms with E-state index in [1.807, 2.05) is 0 Å². The van der Waals surface area contributed by atoms with Gasteiger partial charge in [-0.2, -0.15) is 0 Å². The third-order valence-electron chi connectivity index (χ3n) is 7.59. The van der Waals surface area contributed by atoms with Gasteiger partial charge in [0, 0.05) is 0 Å². The molecule has 3 aromatic carbocycles. The minimum absolute atomic E-state index is 0.274. The van der Waals surface area contributed by atoms with Crippen LogP contribution in [0.2, 0.25) is 0 Å². The summed E-state index contributed by atoms with van der Waals surface area (Å²) in [6.45, 7) is 9.37. The van der Waals surface area contributed by atoms with Crippen molar-refractivity contribution in [3.05, 3.63) is 126 Å². The van der Waals surface area contributed by atoms with Crippen LogP contribution in [0.3, 0.4) is 0 Å². The summed E-state index contributed by atoms with van der Waals surface area (Å²) in [5.74, 6) is 0. The molecule has 0 unspecified atom stereocenters. The Morgan fingerprint density at radius 1 is 0.794 bits per heavy atom. The Morgan fingerprint density at radius 2 is 1.26 bits per heavy atom. The van der Waals surface area contributed by atoms with Gasteiger partial charge < -0.3 is 0 Å². The second kappa shape index (κ2) is 10.7. The number of hydrogen-bond acceptors (Lipinski definition) is 0. The molecule has 0 amide bonds. The van der Waals surface area contributed by atoms with Crippen LogP contribution in [0.1, 0.15) is 47.0 Å². The van der Waals surface area contributed by atoms with Crippen molar-refractivity contribution in [1.82, 2.24) is 0 Å². The van der Waals surface area contributed by atoms with Crippen molar-refractivity contribution in [2.24, 2.45) is 5.41 Å². The number of allylic oxidation sites excluding steroid dienone is 6. The van der Waals surface area contributed by atoms with E-state index in [1.165, 1.54) is 46.3 Å². The minimum atomic E-state index is -2.22. The molecule has 1 aliphatic carbocycles. The molecule has 0 fully saturated rings. The molecular weight excluding hydrogens is 427 g/mol. The quantitative estimate of drug-likeness (QED) is 0.247. The van der Waals surface area contributed by atoms with Crippen molar-refractivity contribution >= 4 is 23.2 Å². The van der Waals surface area contributed by atoms with Crippen LogP contribution in [0.4, 0.5) is 0 Å². The van der Waals surface area contributed by atoms with Crippen molar-refractivity contribution in [2.45, 2.75) is 47.0 Å². The zero-order valence-electron chi connectivity index (χ0n) is 21.2. The summed E-state index contributed by atoms with van der Waals surface area (Å²) in [5.41, 5.74) is 4.71. The van der Waals surface area contributed by atoms with Crippen LogP contribution in [-0.2, 0) is 0 Å². The molecule has 0 saturated heterocycles. The molecule has 176 valence electrons. The number of rotatable bonds is 7. The third kappa shape index (κ3) is 5.18. The monoisotopic (exact) mass is 466 g/mol. The predicted octanol–water partition coefficient (Wildman–Crippen LogP) is 7.74. The standard InChI is InChI=1S/C33H39P/c1-27(22-23-32-28(2)15-14-25-33(32,3)4)24-26-34(29-16-8-5-9-17-29,30-18-10-6-11-19-30)31-20-12-7-13-21-31/h5-13,16-24,34H,14-15,25-26H2,1-4H3/b23-22+,27-24+. The normalized spacial score (nSPS) is 17.2. The molecule has 0 nitrogen and oxygen atoms in total. The first-order valence-corrected chi connectivity index (χ1v) is 14.9. The van der Waals surface area contributed by atoms with Gasteiger partial charge in [0.1, 0.15) is 0 Å². The fraction of sp³-hybridized carbons (Fsp3) is 0.273. The second-order valence-corrected chi connectivity index (χ2v) is 14.4. The Labute approximate surface area is 207 Å². The summed E-state index contributed by atoms with van der Waals surface area (Å²) in [7, 11) is -2.22. The summed E-state index contributed by atoms with van der Waals surface area (Å²) in [4.78, 5) is 0. The van der Waals surface area contributed by atoms with E-state index < -0.39 is 7.26 Å². The molecular formula is C33H39P. The molecule has 34 heavy (non-hydrogen) atoms. The van der Waals surface area contributed by atoms with Crippen LogP contribution in [0.5, 0.6) is 0 Å². The van der Waals surface area contributed by atoms with Crippen LogP contribution < -0.4 is 15.9 Å². The summed E-state index contributed by atoms with van der Waals surface area (Å²) < 4.78 is 0. The molecule has 1 heteroatoms. The Bertz CT molecular complexity index is 1070. The van der Waals surface area contributed by atoms with Crippen LogP contribution in [0.25, 0.3) is 0 Å². The van der Waals surface area contributed by atoms with E-state index in [1.54, 1.807) is 5.57 Å². The van der Waals surface area contributed by atoms with E-state index in [4.69, 9.17) is 0 Å². The molecule has 0 spiro atoms. The fourth-order valence-corrected chi connectivity index (χ4v) is 10.2. The van der Waals surface area contributed by atoms with Gasteiger partial charge in [0.15, 0.2) is 0 Å². The molecule has 3 aromatic rings.